The minimum atomic E-state index is -0.0193. The Kier molecular flexibility index (Phi) is 4.27. The molecule has 0 aliphatic heterocycles. The van der Waals surface area contributed by atoms with Crippen LogP contribution in [0, 0.1) is 0 Å². The standard InChI is InChI=1S/C11H17N3O/c1-14(2)8-11(15)13-10-5-3-4-9(6-10)7-12/h3-6H,7-8,12H2,1-2H3,(H,13,15). The second kappa shape index (κ2) is 5.48. The Labute approximate surface area is 90.1 Å². The Morgan fingerprint density at radius 2 is 2.20 bits per heavy atom. The fraction of sp³-hybridized carbons (Fsp3) is 0.364. The van der Waals surface area contributed by atoms with Crippen molar-refractivity contribution in [2.24, 2.45) is 5.73 Å². The van der Waals surface area contributed by atoms with Crippen molar-refractivity contribution >= 4 is 11.6 Å². The predicted molar refractivity (Wildman–Crippen MR) is 61.5 cm³/mol. The highest BCUT2D eigenvalue weighted by Gasteiger charge is 2.03. The predicted octanol–water partition coefficient (Wildman–Crippen LogP) is 0.645. The number of carbonyl (C=O) groups is 1. The minimum absolute atomic E-state index is 0.0193. The lowest BCUT2D eigenvalue weighted by Crippen LogP contribution is -2.27. The van der Waals surface area contributed by atoms with Crippen LogP contribution in [-0.2, 0) is 11.3 Å². The highest BCUT2D eigenvalue weighted by Crippen LogP contribution is 2.09. The second-order valence-corrected chi connectivity index (χ2v) is 3.69. The van der Waals surface area contributed by atoms with E-state index in [2.05, 4.69) is 5.32 Å². The largest absolute Gasteiger partial charge is 0.326 e. The average Bonchev–Trinajstić information content (AvgIpc) is 2.16. The molecule has 0 aliphatic rings. The maximum Gasteiger partial charge on any atom is 0.238 e. The third-order valence-electron chi connectivity index (χ3n) is 1.91. The molecule has 0 unspecified atom stereocenters. The molecule has 4 nitrogen and oxygen atoms in total. The molecule has 82 valence electrons. The van der Waals surface area contributed by atoms with Gasteiger partial charge in [-0.25, -0.2) is 0 Å². The smallest absolute Gasteiger partial charge is 0.238 e. The molecule has 3 N–H and O–H groups in total. The molecule has 1 aromatic rings. The monoisotopic (exact) mass is 207 g/mol. The molecule has 1 rings (SSSR count). The molecule has 4 heteroatoms. The molecule has 15 heavy (non-hydrogen) atoms. The third-order valence-corrected chi connectivity index (χ3v) is 1.91. The van der Waals surface area contributed by atoms with Gasteiger partial charge in [0.1, 0.15) is 0 Å². The number of nitrogens with one attached hydrogen (secondary N) is 1. The number of hydrogen-bond acceptors (Lipinski definition) is 3. The summed E-state index contributed by atoms with van der Waals surface area (Å²) in [4.78, 5) is 13.3. The van der Waals surface area contributed by atoms with E-state index in [-0.39, 0.29) is 5.91 Å². The van der Waals surface area contributed by atoms with Gasteiger partial charge < -0.3 is 16.0 Å². The zero-order chi connectivity index (χ0) is 11.3. The summed E-state index contributed by atoms with van der Waals surface area (Å²) in [5.41, 5.74) is 7.32. The van der Waals surface area contributed by atoms with Crippen molar-refractivity contribution < 1.29 is 4.79 Å². The fourth-order valence-electron chi connectivity index (χ4n) is 1.26. The fourth-order valence-corrected chi connectivity index (χ4v) is 1.26. The lowest BCUT2D eigenvalue weighted by atomic mass is 10.2. The van der Waals surface area contributed by atoms with Gasteiger partial charge in [-0.1, -0.05) is 12.1 Å². The SMILES string of the molecule is CN(C)CC(=O)Nc1cccc(CN)c1. The molecule has 0 aliphatic carbocycles. The van der Waals surface area contributed by atoms with Crippen molar-refractivity contribution in [3.05, 3.63) is 29.8 Å². The van der Waals surface area contributed by atoms with E-state index in [1.807, 2.05) is 43.3 Å². The normalized spacial score (nSPS) is 10.4. The maximum absolute atomic E-state index is 11.4. The first kappa shape index (κ1) is 11.7. The van der Waals surface area contributed by atoms with Crippen LogP contribution in [0.3, 0.4) is 0 Å². The molecule has 0 bridgehead atoms. The molecule has 0 saturated carbocycles. The van der Waals surface area contributed by atoms with Gasteiger partial charge in [0, 0.05) is 12.2 Å². The van der Waals surface area contributed by atoms with Gasteiger partial charge >= 0.3 is 0 Å². The lowest BCUT2D eigenvalue weighted by molar-refractivity contribution is -0.116. The third kappa shape index (κ3) is 4.10. The van der Waals surface area contributed by atoms with E-state index in [1.165, 1.54) is 0 Å². The second-order valence-electron chi connectivity index (χ2n) is 3.69. The van der Waals surface area contributed by atoms with Crippen molar-refractivity contribution in [1.29, 1.82) is 0 Å². The van der Waals surface area contributed by atoms with Crippen LogP contribution in [0.5, 0.6) is 0 Å². The maximum atomic E-state index is 11.4. The zero-order valence-electron chi connectivity index (χ0n) is 9.16. The zero-order valence-corrected chi connectivity index (χ0v) is 9.16. The van der Waals surface area contributed by atoms with E-state index < -0.39 is 0 Å². The van der Waals surface area contributed by atoms with Crippen LogP contribution in [0.2, 0.25) is 0 Å². The van der Waals surface area contributed by atoms with Gasteiger partial charge in [-0.15, -0.1) is 0 Å². The van der Waals surface area contributed by atoms with Crippen LogP contribution in [0.4, 0.5) is 5.69 Å². The molecule has 0 heterocycles. The van der Waals surface area contributed by atoms with Gasteiger partial charge in [0.05, 0.1) is 6.54 Å². The summed E-state index contributed by atoms with van der Waals surface area (Å²) in [6.07, 6.45) is 0. The molecule has 1 aromatic carbocycles. The quantitative estimate of drug-likeness (QED) is 0.762. The molecule has 0 atom stereocenters. The minimum Gasteiger partial charge on any atom is -0.326 e. The van der Waals surface area contributed by atoms with Gasteiger partial charge in [0.15, 0.2) is 0 Å². The van der Waals surface area contributed by atoms with Gasteiger partial charge in [0.25, 0.3) is 0 Å². The highest BCUT2D eigenvalue weighted by molar-refractivity contribution is 5.92. The molecular formula is C11H17N3O. The van der Waals surface area contributed by atoms with E-state index in [0.29, 0.717) is 13.1 Å². The van der Waals surface area contributed by atoms with Crippen molar-refractivity contribution in [3.8, 4) is 0 Å². The van der Waals surface area contributed by atoms with Crippen LogP contribution in [-0.4, -0.2) is 31.4 Å². The Hall–Kier alpha value is -1.39. The Balaban J connectivity index is 2.60. The van der Waals surface area contributed by atoms with Crippen molar-refractivity contribution in [1.82, 2.24) is 4.90 Å². The topological polar surface area (TPSA) is 58.4 Å². The first-order chi connectivity index (χ1) is 7.11. The Morgan fingerprint density at radius 3 is 2.80 bits per heavy atom. The summed E-state index contributed by atoms with van der Waals surface area (Å²) in [6.45, 7) is 0.865. The molecule has 0 spiro atoms. The molecule has 0 aromatic heterocycles. The summed E-state index contributed by atoms with van der Waals surface area (Å²) < 4.78 is 0. The number of rotatable bonds is 4. The van der Waals surface area contributed by atoms with Gasteiger partial charge in [-0.2, -0.15) is 0 Å². The van der Waals surface area contributed by atoms with Crippen LogP contribution < -0.4 is 11.1 Å². The number of nitrogens with zero attached hydrogens (tertiary/aromatic N) is 1. The van der Waals surface area contributed by atoms with Gasteiger partial charge in [-0.3, -0.25) is 4.79 Å². The van der Waals surface area contributed by atoms with Gasteiger partial charge in [-0.05, 0) is 31.8 Å². The molecule has 0 saturated heterocycles. The number of carbonyl (C=O) groups excluding carboxylic acids is 1. The first-order valence-electron chi connectivity index (χ1n) is 4.85. The van der Waals surface area contributed by atoms with Crippen LogP contribution in [0.15, 0.2) is 24.3 Å². The van der Waals surface area contributed by atoms with Crippen LogP contribution >= 0.6 is 0 Å². The molecule has 0 fully saturated rings. The first-order valence-corrected chi connectivity index (χ1v) is 4.85. The summed E-state index contributed by atoms with van der Waals surface area (Å²) in [7, 11) is 3.71. The molecule has 0 radical (unpaired) electrons. The van der Waals surface area contributed by atoms with Crippen molar-refractivity contribution in [2.45, 2.75) is 6.54 Å². The molecule has 1 amide bonds. The number of anilines is 1. The summed E-state index contributed by atoms with van der Waals surface area (Å²) >= 11 is 0. The summed E-state index contributed by atoms with van der Waals surface area (Å²) in [6, 6.07) is 7.55. The summed E-state index contributed by atoms with van der Waals surface area (Å²) in [5, 5.41) is 2.81. The Bertz CT molecular complexity index is 336. The number of amides is 1. The van der Waals surface area contributed by atoms with Gasteiger partial charge in [0.2, 0.25) is 5.91 Å². The van der Waals surface area contributed by atoms with E-state index in [0.717, 1.165) is 11.3 Å². The van der Waals surface area contributed by atoms with Crippen LogP contribution in [0.25, 0.3) is 0 Å². The number of benzene rings is 1. The van der Waals surface area contributed by atoms with E-state index in [1.54, 1.807) is 0 Å². The highest BCUT2D eigenvalue weighted by atomic mass is 16.2. The van der Waals surface area contributed by atoms with Crippen LogP contribution in [0.1, 0.15) is 5.56 Å². The van der Waals surface area contributed by atoms with Crippen molar-refractivity contribution in [2.75, 3.05) is 26.0 Å². The van der Waals surface area contributed by atoms with E-state index >= 15 is 0 Å². The summed E-state index contributed by atoms with van der Waals surface area (Å²) in [5.74, 6) is -0.0193. The van der Waals surface area contributed by atoms with E-state index in [9.17, 15) is 4.79 Å². The lowest BCUT2D eigenvalue weighted by Gasteiger charge is -2.10. The van der Waals surface area contributed by atoms with Crippen molar-refractivity contribution in [3.63, 3.8) is 0 Å². The number of nitrogens with two attached hydrogens (primary N) is 1. The van der Waals surface area contributed by atoms with E-state index in [4.69, 9.17) is 5.73 Å². The number of hydrogen-bond donors (Lipinski definition) is 2. The molecular weight excluding hydrogens is 190 g/mol. The average molecular weight is 207 g/mol. The number of likely N-dealkylation sites (N-methyl/N-ethyl adjacent to an activating group) is 1. The Morgan fingerprint density at radius 1 is 1.47 bits per heavy atom.